The van der Waals surface area contributed by atoms with Crippen LogP contribution in [0.15, 0.2) is 24.3 Å². The molecular formula is C29H45N3O9. The van der Waals surface area contributed by atoms with Gasteiger partial charge in [-0.25, -0.2) is 14.4 Å². The summed E-state index contributed by atoms with van der Waals surface area (Å²) < 4.78 is 27.8. The fourth-order valence-electron chi connectivity index (χ4n) is 4.77. The lowest BCUT2D eigenvalue weighted by Gasteiger charge is -2.30. The molecule has 0 aromatic heterocycles. The van der Waals surface area contributed by atoms with Crippen molar-refractivity contribution in [2.75, 3.05) is 39.8 Å². The molecular weight excluding hydrogens is 534 g/mol. The van der Waals surface area contributed by atoms with E-state index in [1.54, 1.807) is 60.8 Å². The molecule has 4 atom stereocenters. The van der Waals surface area contributed by atoms with Gasteiger partial charge in [-0.1, -0.05) is 12.1 Å². The fraction of sp³-hybridized carbons (Fsp3) is 0.690. The molecule has 2 aliphatic rings. The molecule has 2 saturated heterocycles. The van der Waals surface area contributed by atoms with Crippen LogP contribution in [0.2, 0.25) is 0 Å². The Hall–Kier alpha value is -3.25. The predicted octanol–water partition coefficient (Wildman–Crippen LogP) is 3.34. The van der Waals surface area contributed by atoms with Crippen molar-refractivity contribution in [3.63, 3.8) is 0 Å². The second-order valence-corrected chi connectivity index (χ2v) is 12.4. The second-order valence-electron chi connectivity index (χ2n) is 12.4. The number of ether oxygens (including phenoxy) is 5. The normalized spacial score (nSPS) is 23.2. The molecule has 0 spiro atoms. The van der Waals surface area contributed by atoms with Gasteiger partial charge < -0.3 is 34.1 Å². The molecule has 1 aromatic carbocycles. The van der Waals surface area contributed by atoms with Crippen LogP contribution in [0.1, 0.15) is 53.5 Å². The third-order valence-electron chi connectivity index (χ3n) is 6.58. The molecule has 0 bridgehead atoms. The van der Waals surface area contributed by atoms with Gasteiger partial charge in [0.2, 0.25) is 0 Å². The number of carbonyl (C=O) groups excluding carboxylic acids is 3. The lowest BCUT2D eigenvalue weighted by atomic mass is 10.0. The lowest BCUT2D eigenvalue weighted by molar-refractivity contribution is -0.0518. The Morgan fingerprint density at radius 3 is 2.20 bits per heavy atom. The van der Waals surface area contributed by atoms with Crippen molar-refractivity contribution >= 4 is 18.3 Å². The van der Waals surface area contributed by atoms with E-state index in [2.05, 4.69) is 5.32 Å². The molecule has 0 radical (unpaired) electrons. The number of rotatable bonds is 8. The number of methoxy groups -OCH3 is 1. The molecule has 2 N–H and O–H groups in total. The highest BCUT2D eigenvalue weighted by molar-refractivity contribution is 5.71. The Balaban J connectivity index is 1.82. The standard InChI is InChI=1S/C29H45N3O9/c1-28(2,3)40-26(35)32-18-23(38-27(36)41-29(4,5)6)24(22(32)16-19-8-10-21(37-7)11-9-19)39-25(34)30-13-15-31-14-12-20(33)17-31/h8-11,20,22-24,33H,12-18H2,1-7H3,(H,30,34)/t20-,22+,23-,24-/m0/s1. The summed E-state index contributed by atoms with van der Waals surface area (Å²) in [7, 11) is 1.57. The molecule has 0 unspecified atom stereocenters. The van der Waals surface area contributed by atoms with Gasteiger partial charge in [0.1, 0.15) is 17.0 Å². The van der Waals surface area contributed by atoms with Crippen LogP contribution in [0.4, 0.5) is 14.4 Å². The van der Waals surface area contributed by atoms with E-state index in [4.69, 9.17) is 23.7 Å². The van der Waals surface area contributed by atoms with Crippen molar-refractivity contribution in [1.29, 1.82) is 0 Å². The number of amides is 2. The van der Waals surface area contributed by atoms with E-state index in [0.29, 0.717) is 38.2 Å². The van der Waals surface area contributed by atoms with Crippen LogP contribution in [0.25, 0.3) is 0 Å². The first-order valence-corrected chi connectivity index (χ1v) is 14.0. The molecule has 41 heavy (non-hydrogen) atoms. The maximum absolute atomic E-state index is 13.3. The number of hydrogen-bond donors (Lipinski definition) is 2. The zero-order chi connectivity index (χ0) is 30.4. The summed E-state index contributed by atoms with van der Waals surface area (Å²) in [6, 6.07) is 6.61. The minimum atomic E-state index is -1.01. The van der Waals surface area contributed by atoms with Crippen LogP contribution in [0, 0.1) is 0 Å². The number of nitrogens with zero attached hydrogens (tertiary/aromatic N) is 2. The smallest absolute Gasteiger partial charge is 0.497 e. The fourth-order valence-corrected chi connectivity index (χ4v) is 4.77. The summed E-state index contributed by atoms with van der Waals surface area (Å²) in [4.78, 5) is 42.4. The molecule has 12 heteroatoms. The third-order valence-corrected chi connectivity index (χ3v) is 6.58. The summed E-state index contributed by atoms with van der Waals surface area (Å²) in [5, 5.41) is 12.5. The molecule has 2 heterocycles. The molecule has 3 rings (SSSR count). The van der Waals surface area contributed by atoms with Crippen molar-refractivity contribution in [2.45, 2.75) is 89.9 Å². The second kappa shape index (κ2) is 13.6. The van der Waals surface area contributed by atoms with Gasteiger partial charge in [0.05, 0.1) is 25.8 Å². The number of nitrogens with one attached hydrogen (secondary N) is 1. The quantitative estimate of drug-likeness (QED) is 0.349. The Morgan fingerprint density at radius 2 is 1.63 bits per heavy atom. The first-order valence-electron chi connectivity index (χ1n) is 14.0. The largest absolute Gasteiger partial charge is 0.509 e. The van der Waals surface area contributed by atoms with Gasteiger partial charge in [-0.05, 0) is 72.1 Å². The Labute approximate surface area is 242 Å². The summed E-state index contributed by atoms with van der Waals surface area (Å²) >= 11 is 0. The van der Waals surface area contributed by atoms with Crippen molar-refractivity contribution < 1.29 is 43.2 Å². The predicted molar refractivity (Wildman–Crippen MR) is 150 cm³/mol. The number of benzene rings is 1. The summed E-state index contributed by atoms with van der Waals surface area (Å²) in [6.45, 7) is 12.5. The van der Waals surface area contributed by atoms with Crippen molar-refractivity contribution in [3.8, 4) is 5.75 Å². The number of alkyl carbamates (subject to hydrolysis) is 1. The average Bonchev–Trinajstić information content (AvgIpc) is 3.40. The van der Waals surface area contributed by atoms with Crippen molar-refractivity contribution in [3.05, 3.63) is 29.8 Å². The summed E-state index contributed by atoms with van der Waals surface area (Å²) in [6.07, 6.45) is -3.63. The van der Waals surface area contributed by atoms with Gasteiger partial charge in [0.15, 0.2) is 12.2 Å². The zero-order valence-corrected chi connectivity index (χ0v) is 25.2. The van der Waals surface area contributed by atoms with E-state index in [-0.39, 0.29) is 12.6 Å². The van der Waals surface area contributed by atoms with Crippen LogP contribution in [0.3, 0.4) is 0 Å². The topological polar surface area (TPSA) is 136 Å². The van der Waals surface area contributed by atoms with Gasteiger partial charge in [-0.3, -0.25) is 9.80 Å². The monoisotopic (exact) mass is 579 g/mol. The highest BCUT2D eigenvalue weighted by Gasteiger charge is 2.50. The van der Waals surface area contributed by atoms with Gasteiger partial charge in [-0.2, -0.15) is 0 Å². The molecule has 0 saturated carbocycles. The number of likely N-dealkylation sites (tertiary alicyclic amines) is 2. The molecule has 0 aliphatic carbocycles. The van der Waals surface area contributed by atoms with E-state index < -0.39 is 47.8 Å². The van der Waals surface area contributed by atoms with Crippen LogP contribution < -0.4 is 10.1 Å². The van der Waals surface area contributed by atoms with Gasteiger partial charge >= 0.3 is 18.3 Å². The minimum absolute atomic E-state index is 0.0570. The number of β-amino-alcohol motifs (C(OH)–C–C–N with tert-alkyl or cyclic N) is 1. The van der Waals surface area contributed by atoms with Crippen LogP contribution in [-0.4, -0.2) is 109 Å². The molecule has 2 fully saturated rings. The zero-order valence-electron chi connectivity index (χ0n) is 25.2. The maximum Gasteiger partial charge on any atom is 0.509 e. The van der Waals surface area contributed by atoms with Crippen LogP contribution in [-0.2, 0) is 25.4 Å². The Kier molecular flexibility index (Phi) is 10.7. The number of aliphatic hydroxyl groups excluding tert-OH is 1. The third kappa shape index (κ3) is 10.3. The molecule has 12 nitrogen and oxygen atoms in total. The van der Waals surface area contributed by atoms with E-state index in [1.165, 1.54) is 4.90 Å². The first kappa shape index (κ1) is 32.3. The highest BCUT2D eigenvalue weighted by atomic mass is 16.7. The highest BCUT2D eigenvalue weighted by Crippen LogP contribution is 2.30. The molecule has 2 aliphatic heterocycles. The van der Waals surface area contributed by atoms with Crippen LogP contribution >= 0.6 is 0 Å². The van der Waals surface area contributed by atoms with Gasteiger partial charge in [-0.15, -0.1) is 0 Å². The lowest BCUT2D eigenvalue weighted by Crippen LogP contribution is -2.46. The average molecular weight is 580 g/mol. The van der Waals surface area contributed by atoms with Crippen molar-refractivity contribution in [1.82, 2.24) is 15.1 Å². The van der Waals surface area contributed by atoms with Gasteiger partial charge in [0, 0.05) is 26.2 Å². The summed E-state index contributed by atoms with van der Waals surface area (Å²) in [5.41, 5.74) is -0.730. The molecule has 2 amide bonds. The number of carbonyl (C=O) groups is 3. The molecule has 230 valence electrons. The van der Waals surface area contributed by atoms with Crippen molar-refractivity contribution in [2.24, 2.45) is 0 Å². The van der Waals surface area contributed by atoms with Gasteiger partial charge in [0.25, 0.3) is 0 Å². The summed E-state index contributed by atoms with van der Waals surface area (Å²) in [5.74, 6) is 0.674. The molecule has 1 aromatic rings. The first-order chi connectivity index (χ1) is 19.1. The number of hydrogen-bond acceptors (Lipinski definition) is 10. The van der Waals surface area contributed by atoms with E-state index in [0.717, 1.165) is 12.1 Å². The maximum atomic E-state index is 13.3. The SMILES string of the molecule is COc1ccc(C[C@@H]2[C@H](OC(=O)NCCN3CC[C@H](O)C3)[C@@H](OC(=O)OC(C)(C)C)CN2C(=O)OC(C)(C)C)cc1. The van der Waals surface area contributed by atoms with E-state index in [1.807, 2.05) is 17.0 Å². The Bertz CT molecular complexity index is 1040. The van der Waals surface area contributed by atoms with Crippen LogP contribution in [0.5, 0.6) is 5.75 Å². The Morgan fingerprint density at radius 1 is 0.976 bits per heavy atom. The van der Waals surface area contributed by atoms with E-state index >= 15 is 0 Å². The number of aliphatic hydroxyl groups is 1. The minimum Gasteiger partial charge on any atom is -0.497 e. The van der Waals surface area contributed by atoms with E-state index in [9.17, 15) is 19.5 Å².